The maximum Gasteiger partial charge on any atom is 0.266 e. The van der Waals surface area contributed by atoms with Gasteiger partial charge in [0, 0.05) is 5.56 Å². The van der Waals surface area contributed by atoms with Gasteiger partial charge in [-0.25, -0.2) is 14.6 Å². The molecule has 0 fully saturated rings. The van der Waals surface area contributed by atoms with E-state index in [1.165, 1.54) is 11.3 Å². The summed E-state index contributed by atoms with van der Waals surface area (Å²) >= 11 is 1.37. The van der Waals surface area contributed by atoms with Gasteiger partial charge in [-0.15, -0.1) is 16.4 Å². The van der Waals surface area contributed by atoms with Crippen LogP contribution >= 0.6 is 11.3 Å². The van der Waals surface area contributed by atoms with E-state index >= 15 is 0 Å². The zero-order valence-corrected chi connectivity index (χ0v) is 16.6. The first kappa shape index (κ1) is 18.1. The number of rotatable bonds is 5. The molecule has 0 spiro atoms. The number of aromatic nitrogens is 5. The highest BCUT2D eigenvalue weighted by molar-refractivity contribution is 7.12. The Morgan fingerprint density at radius 3 is 2.43 bits per heavy atom. The molecule has 0 atom stereocenters. The third-order valence-corrected chi connectivity index (χ3v) is 5.42. The van der Waals surface area contributed by atoms with Crippen molar-refractivity contribution in [1.82, 2.24) is 25.0 Å². The van der Waals surface area contributed by atoms with E-state index in [2.05, 4.69) is 20.6 Å². The molecule has 5 rings (SSSR count). The number of amides is 1. The minimum atomic E-state index is -0.235. The van der Waals surface area contributed by atoms with Gasteiger partial charge in [0.1, 0.15) is 0 Å². The highest BCUT2D eigenvalue weighted by Crippen LogP contribution is 2.24. The Bertz CT molecular complexity index is 1300. The van der Waals surface area contributed by atoms with Crippen LogP contribution in [0.25, 0.3) is 22.6 Å². The number of fused-ring (bicyclic) bond motifs is 1. The zero-order chi connectivity index (χ0) is 20.3. The van der Waals surface area contributed by atoms with Gasteiger partial charge in [-0.2, -0.15) is 0 Å². The van der Waals surface area contributed by atoms with Crippen molar-refractivity contribution >= 4 is 34.2 Å². The van der Waals surface area contributed by atoms with Gasteiger partial charge in [-0.1, -0.05) is 71.9 Å². The topological polar surface area (TPSA) is 85.6 Å². The van der Waals surface area contributed by atoms with Crippen molar-refractivity contribution in [2.45, 2.75) is 6.54 Å². The van der Waals surface area contributed by atoms with Crippen LogP contribution in [0.1, 0.15) is 15.2 Å². The van der Waals surface area contributed by atoms with E-state index in [1.54, 1.807) is 10.7 Å². The van der Waals surface area contributed by atoms with Gasteiger partial charge in [0.25, 0.3) is 5.91 Å². The molecular weight excluding hydrogens is 396 g/mol. The van der Waals surface area contributed by atoms with Crippen molar-refractivity contribution in [2.24, 2.45) is 0 Å². The van der Waals surface area contributed by atoms with E-state index in [4.69, 9.17) is 4.98 Å². The maximum absolute atomic E-state index is 12.6. The summed E-state index contributed by atoms with van der Waals surface area (Å²) in [5.41, 5.74) is 2.94. The number of thiophene rings is 1. The van der Waals surface area contributed by atoms with Gasteiger partial charge in [0.05, 0.1) is 11.4 Å². The van der Waals surface area contributed by atoms with Gasteiger partial charge in [-0.3, -0.25) is 4.79 Å². The molecule has 0 bridgehead atoms. The van der Waals surface area contributed by atoms with Crippen LogP contribution < -0.4 is 5.32 Å². The maximum atomic E-state index is 12.6. The van der Waals surface area contributed by atoms with E-state index in [0.29, 0.717) is 34.2 Å². The first-order chi connectivity index (χ1) is 14.8. The molecule has 0 aliphatic rings. The van der Waals surface area contributed by atoms with Gasteiger partial charge in [-0.05, 0) is 17.0 Å². The molecule has 3 aromatic heterocycles. The predicted molar refractivity (Wildman–Crippen MR) is 116 cm³/mol. The van der Waals surface area contributed by atoms with Crippen molar-refractivity contribution in [3.8, 4) is 11.4 Å². The number of nitrogens with zero attached hydrogens (tertiary/aromatic N) is 5. The molecule has 3 heterocycles. The normalized spacial score (nSPS) is 10.9. The fourth-order valence-corrected chi connectivity index (χ4v) is 3.72. The second-order valence-electron chi connectivity index (χ2n) is 6.60. The Balaban J connectivity index is 1.61. The first-order valence-electron chi connectivity index (χ1n) is 9.33. The van der Waals surface area contributed by atoms with E-state index in [9.17, 15) is 4.79 Å². The molecule has 7 nitrogen and oxygen atoms in total. The Kier molecular flexibility index (Phi) is 4.74. The van der Waals surface area contributed by atoms with E-state index in [-0.39, 0.29) is 5.91 Å². The lowest BCUT2D eigenvalue weighted by Crippen LogP contribution is -2.13. The Morgan fingerprint density at radius 2 is 1.70 bits per heavy atom. The second-order valence-corrected chi connectivity index (χ2v) is 7.55. The average Bonchev–Trinajstić information content (AvgIpc) is 3.46. The summed E-state index contributed by atoms with van der Waals surface area (Å²) in [6, 6.07) is 23.2. The Hall–Kier alpha value is -3.91. The second kappa shape index (κ2) is 7.84. The van der Waals surface area contributed by atoms with Crippen molar-refractivity contribution in [3.63, 3.8) is 0 Å². The highest BCUT2D eigenvalue weighted by atomic mass is 32.1. The number of hydrogen-bond donors (Lipinski definition) is 1. The van der Waals surface area contributed by atoms with Crippen molar-refractivity contribution in [1.29, 1.82) is 0 Å². The molecule has 0 aliphatic carbocycles. The first-order valence-corrected chi connectivity index (χ1v) is 10.2. The SMILES string of the molecule is O=C(Nc1nc(-c2ccccc2)nc2c1nnn2Cc1ccccc1)c1cccs1. The van der Waals surface area contributed by atoms with Crippen LogP contribution in [0.5, 0.6) is 0 Å². The number of benzene rings is 2. The molecular formula is C22H16N6OS. The number of nitrogens with one attached hydrogen (secondary N) is 1. The van der Waals surface area contributed by atoms with Gasteiger partial charge in [0.15, 0.2) is 22.8 Å². The third-order valence-electron chi connectivity index (χ3n) is 4.55. The lowest BCUT2D eigenvalue weighted by atomic mass is 10.2. The third kappa shape index (κ3) is 3.56. The Labute approximate surface area is 176 Å². The molecule has 0 radical (unpaired) electrons. The van der Waals surface area contributed by atoms with Crippen LogP contribution in [0.2, 0.25) is 0 Å². The molecule has 0 unspecified atom stereocenters. The predicted octanol–water partition coefficient (Wildman–Crippen LogP) is 4.25. The lowest BCUT2D eigenvalue weighted by molar-refractivity contribution is 0.103. The molecule has 8 heteroatoms. The van der Waals surface area contributed by atoms with Crippen molar-refractivity contribution in [3.05, 3.63) is 88.6 Å². The number of hydrogen-bond acceptors (Lipinski definition) is 6. The summed E-state index contributed by atoms with van der Waals surface area (Å²) in [6.07, 6.45) is 0. The standard InChI is InChI=1S/C22H16N6OS/c29-22(17-12-7-13-30-17)25-20-18-21(24-19(23-20)16-10-5-2-6-11-16)28(27-26-18)14-15-8-3-1-4-9-15/h1-13H,14H2,(H,23,24,25,29). The molecule has 0 saturated heterocycles. The van der Waals surface area contributed by atoms with Crippen LogP contribution in [0.4, 0.5) is 5.82 Å². The quantitative estimate of drug-likeness (QED) is 0.466. The van der Waals surface area contributed by atoms with Crippen LogP contribution in [-0.4, -0.2) is 30.9 Å². The van der Waals surface area contributed by atoms with E-state index < -0.39 is 0 Å². The molecule has 2 aromatic carbocycles. The fourth-order valence-electron chi connectivity index (χ4n) is 3.10. The summed E-state index contributed by atoms with van der Waals surface area (Å²) in [5, 5.41) is 13.3. The fraction of sp³-hybridized carbons (Fsp3) is 0.0455. The number of carbonyl (C=O) groups excluding carboxylic acids is 1. The molecule has 1 N–H and O–H groups in total. The van der Waals surface area contributed by atoms with Crippen molar-refractivity contribution < 1.29 is 4.79 Å². The summed E-state index contributed by atoms with van der Waals surface area (Å²) in [7, 11) is 0. The van der Waals surface area contributed by atoms with Gasteiger partial charge >= 0.3 is 0 Å². The van der Waals surface area contributed by atoms with Gasteiger partial charge < -0.3 is 5.32 Å². The molecule has 0 aliphatic heterocycles. The van der Waals surface area contributed by atoms with Crippen molar-refractivity contribution in [2.75, 3.05) is 5.32 Å². The van der Waals surface area contributed by atoms with Crippen LogP contribution in [0, 0.1) is 0 Å². The largest absolute Gasteiger partial charge is 0.304 e. The molecule has 0 saturated carbocycles. The summed E-state index contributed by atoms with van der Waals surface area (Å²) in [4.78, 5) is 22.5. The van der Waals surface area contributed by atoms with Crippen LogP contribution in [0.3, 0.4) is 0 Å². The van der Waals surface area contributed by atoms with Crippen LogP contribution in [-0.2, 0) is 6.54 Å². The highest BCUT2D eigenvalue weighted by Gasteiger charge is 2.18. The van der Waals surface area contributed by atoms with Gasteiger partial charge in [0.2, 0.25) is 0 Å². The lowest BCUT2D eigenvalue weighted by Gasteiger charge is -2.08. The van der Waals surface area contributed by atoms with E-state index in [1.807, 2.05) is 72.1 Å². The average molecular weight is 412 g/mol. The minimum absolute atomic E-state index is 0.235. The van der Waals surface area contributed by atoms with Crippen LogP contribution in [0.15, 0.2) is 78.2 Å². The zero-order valence-electron chi connectivity index (χ0n) is 15.8. The molecule has 5 aromatic rings. The summed E-state index contributed by atoms with van der Waals surface area (Å²) < 4.78 is 1.72. The Morgan fingerprint density at radius 1 is 0.933 bits per heavy atom. The summed E-state index contributed by atoms with van der Waals surface area (Å²) in [5.74, 6) is 0.611. The molecule has 1 amide bonds. The summed E-state index contributed by atoms with van der Waals surface area (Å²) in [6.45, 7) is 0.515. The molecule has 146 valence electrons. The number of anilines is 1. The number of carbonyl (C=O) groups is 1. The minimum Gasteiger partial charge on any atom is -0.304 e. The smallest absolute Gasteiger partial charge is 0.266 e. The molecule has 30 heavy (non-hydrogen) atoms. The van der Waals surface area contributed by atoms with E-state index in [0.717, 1.165) is 11.1 Å². The monoisotopic (exact) mass is 412 g/mol.